The van der Waals surface area contributed by atoms with Crippen molar-refractivity contribution < 1.29 is 14.7 Å². The van der Waals surface area contributed by atoms with E-state index in [0.717, 1.165) is 16.0 Å². The van der Waals surface area contributed by atoms with Crippen molar-refractivity contribution in [1.29, 1.82) is 0 Å². The number of aromatic nitrogens is 1. The van der Waals surface area contributed by atoms with Crippen molar-refractivity contribution in [2.75, 3.05) is 5.32 Å². The molecule has 6 heteroatoms. The summed E-state index contributed by atoms with van der Waals surface area (Å²) in [5.74, 6) is -1.29. The van der Waals surface area contributed by atoms with Crippen molar-refractivity contribution in [1.82, 2.24) is 4.98 Å². The second-order valence-corrected chi connectivity index (χ2v) is 6.86. The summed E-state index contributed by atoms with van der Waals surface area (Å²) in [6, 6.07) is 13.0. The SMILES string of the molecule is O=C1C[C@H](c2cccnc2)c2sc(C(=O)O)c(-c3ccccc3)c2N1. The molecule has 0 aliphatic carbocycles. The molecule has 3 aromatic rings. The van der Waals surface area contributed by atoms with E-state index in [0.29, 0.717) is 11.3 Å². The third-order valence-electron chi connectivity index (χ3n) is 4.25. The number of carbonyl (C=O) groups excluding carboxylic acids is 1. The molecule has 0 saturated carbocycles. The molecule has 4 rings (SSSR count). The van der Waals surface area contributed by atoms with Crippen LogP contribution in [0, 0.1) is 0 Å². The number of benzene rings is 1. The molecule has 0 bridgehead atoms. The van der Waals surface area contributed by atoms with E-state index in [9.17, 15) is 14.7 Å². The number of carboxylic acids is 1. The summed E-state index contributed by atoms with van der Waals surface area (Å²) in [4.78, 5) is 29.4. The minimum Gasteiger partial charge on any atom is -0.477 e. The van der Waals surface area contributed by atoms with Crippen molar-refractivity contribution >= 4 is 28.9 Å². The second kappa shape index (κ2) is 6.14. The van der Waals surface area contributed by atoms with Crippen LogP contribution < -0.4 is 5.32 Å². The zero-order chi connectivity index (χ0) is 17.4. The summed E-state index contributed by atoms with van der Waals surface area (Å²) < 4.78 is 0. The molecule has 0 saturated heterocycles. The lowest BCUT2D eigenvalue weighted by atomic mass is 9.89. The number of aromatic carboxylic acids is 1. The van der Waals surface area contributed by atoms with Crippen LogP contribution in [-0.4, -0.2) is 22.0 Å². The number of hydrogen-bond donors (Lipinski definition) is 2. The fraction of sp³-hybridized carbons (Fsp3) is 0.105. The van der Waals surface area contributed by atoms with Gasteiger partial charge in [-0.1, -0.05) is 36.4 Å². The topological polar surface area (TPSA) is 79.3 Å². The molecular formula is C19H14N2O3S. The summed E-state index contributed by atoms with van der Waals surface area (Å²) in [5, 5.41) is 12.6. The fourth-order valence-corrected chi connectivity index (χ4v) is 4.41. The number of pyridine rings is 1. The van der Waals surface area contributed by atoms with E-state index < -0.39 is 5.97 Å². The van der Waals surface area contributed by atoms with E-state index in [-0.39, 0.29) is 23.1 Å². The van der Waals surface area contributed by atoms with Gasteiger partial charge in [0.05, 0.1) is 5.69 Å². The first-order chi connectivity index (χ1) is 12.1. The lowest BCUT2D eigenvalue weighted by molar-refractivity contribution is -0.116. The summed E-state index contributed by atoms with van der Waals surface area (Å²) in [7, 11) is 0. The zero-order valence-electron chi connectivity index (χ0n) is 13.1. The molecular weight excluding hydrogens is 336 g/mol. The molecule has 1 aliphatic heterocycles. The molecule has 124 valence electrons. The third-order valence-corrected chi connectivity index (χ3v) is 5.54. The molecule has 2 N–H and O–H groups in total. The molecule has 0 radical (unpaired) electrons. The molecule has 0 unspecified atom stereocenters. The molecule has 1 atom stereocenters. The Balaban J connectivity index is 1.95. The number of fused-ring (bicyclic) bond motifs is 1. The molecule has 25 heavy (non-hydrogen) atoms. The predicted molar refractivity (Wildman–Crippen MR) is 96.0 cm³/mol. The van der Waals surface area contributed by atoms with Crippen LogP contribution in [0.5, 0.6) is 0 Å². The van der Waals surface area contributed by atoms with Crippen molar-refractivity contribution in [3.8, 4) is 11.1 Å². The Morgan fingerprint density at radius 3 is 2.68 bits per heavy atom. The van der Waals surface area contributed by atoms with E-state index in [1.807, 2.05) is 42.5 Å². The van der Waals surface area contributed by atoms with Crippen LogP contribution in [0.25, 0.3) is 11.1 Å². The van der Waals surface area contributed by atoms with Crippen LogP contribution in [0.2, 0.25) is 0 Å². The second-order valence-electron chi connectivity index (χ2n) is 5.81. The number of nitrogens with one attached hydrogen (secondary N) is 1. The highest BCUT2D eigenvalue weighted by molar-refractivity contribution is 7.15. The quantitative estimate of drug-likeness (QED) is 0.749. The van der Waals surface area contributed by atoms with Gasteiger partial charge in [-0.15, -0.1) is 11.3 Å². The zero-order valence-corrected chi connectivity index (χ0v) is 13.9. The van der Waals surface area contributed by atoms with Crippen molar-refractivity contribution in [3.05, 3.63) is 70.2 Å². The van der Waals surface area contributed by atoms with Crippen LogP contribution in [0.1, 0.15) is 32.5 Å². The molecule has 3 heterocycles. The van der Waals surface area contributed by atoms with E-state index >= 15 is 0 Å². The van der Waals surface area contributed by atoms with Gasteiger partial charge in [-0.25, -0.2) is 4.79 Å². The molecule has 0 spiro atoms. The summed E-state index contributed by atoms with van der Waals surface area (Å²) in [6.07, 6.45) is 3.70. The van der Waals surface area contributed by atoms with Crippen molar-refractivity contribution in [2.45, 2.75) is 12.3 Å². The lowest BCUT2D eigenvalue weighted by Gasteiger charge is -2.23. The molecule has 1 aromatic carbocycles. The Kier molecular flexibility index (Phi) is 3.82. The lowest BCUT2D eigenvalue weighted by Crippen LogP contribution is -2.22. The monoisotopic (exact) mass is 350 g/mol. The van der Waals surface area contributed by atoms with Gasteiger partial charge in [-0.3, -0.25) is 9.78 Å². The minimum absolute atomic E-state index is 0.117. The van der Waals surface area contributed by atoms with Crippen LogP contribution in [0.3, 0.4) is 0 Å². The van der Waals surface area contributed by atoms with Crippen LogP contribution in [-0.2, 0) is 4.79 Å². The third kappa shape index (κ3) is 2.70. The van der Waals surface area contributed by atoms with Gasteiger partial charge >= 0.3 is 5.97 Å². The average molecular weight is 350 g/mol. The molecule has 1 aliphatic rings. The largest absolute Gasteiger partial charge is 0.477 e. The maximum absolute atomic E-state index is 12.3. The van der Waals surface area contributed by atoms with Crippen molar-refractivity contribution in [2.24, 2.45) is 0 Å². The van der Waals surface area contributed by atoms with E-state index in [1.54, 1.807) is 12.4 Å². The number of nitrogens with zero attached hydrogens (tertiary/aromatic N) is 1. The number of carbonyl (C=O) groups is 2. The highest BCUT2D eigenvalue weighted by atomic mass is 32.1. The number of thiophene rings is 1. The van der Waals surface area contributed by atoms with Gasteiger partial charge in [0, 0.05) is 35.2 Å². The van der Waals surface area contributed by atoms with Crippen molar-refractivity contribution in [3.63, 3.8) is 0 Å². The number of hydrogen-bond acceptors (Lipinski definition) is 4. The number of carboxylic acid groups (broad SMARTS) is 1. The molecule has 2 aromatic heterocycles. The molecule has 5 nitrogen and oxygen atoms in total. The Morgan fingerprint density at radius 2 is 2.00 bits per heavy atom. The number of rotatable bonds is 3. The Bertz CT molecular complexity index is 952. The van der Waals surface area contributed by atoms with Gasteiger partial charge in [-0.2, -0.15) is 0 Å². The first kappa shape index (κ1) is 15.5. The minimum atomic E-state index is -0.988. The predicted octanol–water partition coefficient (Wildman–Crippen LogP) is 3.98. The smallest absolute Gasteiger partial charge is 0.346 e. The van der Waals surface area contributed by atoms with Gasteiger partial charge in [0.25, 0.3) is 0 Å². The Morgan fingerprint density at radius 1 is 1.20 bits per heavy atom. The Labute approximate surface area is 148 Å². The summed E-state index contributed by atoms with van der Waals surface area (Å²) in [5.41, 5.74) is 2.88. The number of amides is 1. The first-order valence-corrected chi connectivity index (χ1v) is 8.62. The average Bonchev–Trinajstić information content (AvgIpc) is 3.02. The van der Waals surface area contributed by atoms with Crippen LogP contribution in [0.4, 0.5) is 5.69 Å². The highest BCUT2D eigenvalue weighted by Crippen LogP contribution is 2.49. The number of anilines is 1. The first-order valence-electron chi connectivity index (χ1n) is 7.80. The van der Waals surface area contributed by atoms with E-state index in [1.165, 1.54) is 11.3 Å². The Hall–Kier alpha value is -2.99. The van der Waals surface area contributed by atoms with Crippen LogP contribution in [0.15, 0.2) is 54.9 Å². The van der Waals surface area contributed by atoms with E-state index in [2.05, 4.69) is 10.3 Å². The molecule has 0 fully saturated rings. The van der Waals surface area contributed by atoms with Gasteiger partial charge in [0.1, 0.15) is 4.88 Å². The van der Waals surface area contributed by atoms with E-state index in [4.69, 9.17) is 0 Å². The van der Waals surface area contributed by atoms with Gasteiger partial charge in [0.15, 0.2) is 0 Å². The van der Waals surface area contributed by atoms with Gasteiger partial charge in [0.2, 0.25) is 5.91 Å². The standard InChI is InChI=1S/C19H14N2O3S/c22-14-9-13(12-7-4-8-20-10-12)17-16(21-14)15(18(25-17)19(23)24)11-5-2-1-3-6-11/h1-8,10,13H,9H2,(H,21,22)(H,23,24)/t13-/m1/s1. The molecule has 1 amide bonds. The highest BCUT2D eigenvalue weighted by Gasteiger charge is 2.34. The van der Waals surface area contributed by atoms with Crippen LogP contribution >= 0.6 is 11.3 Å². The maximum atomic E-state index is 12.3. The van der Waals surface area contributed by atoms with Gasteiger partial charge < -0.3 is 10.4 Å². The van der Waals surface area contributed by atoms with Gasteiger partial charge in [-0.05, 0) is 17.2 Å². The summed E-state index contributed by atoms with van der Waals surface area (Å²) in [6.45, 7) is 0. The normalized spacial score (nSPS) is 16.2. The summed E-state index contributed by atoms with van der Waals surface area (Å²) >= 11 is 1.23. The fourth-order valence-electron chi connectivity index (χ4n) is 3.17. The maximum Gasteiger partial charge on any atom is 0.346 e.